The highest BCUT2D eigenvalue weighted by Gasteiger charge is 2.14. The molecule has 17 heavy (non-hydrogen) atoms. The van der Waals surface area contributed by atoms with E-state index in [1.165, 1.54) is 7.11 Å². The van der Waals surface area contributed by atoms with Gasteiger partial charge in [0, 0.05) is 0 Å². The number of ether oxygens (including phenoxy) is 1. The quantitative estimate of drug-likeness (QED) is 0.575. The van der Waals surface area contributed by atoms with Gasteiger partial charge in [0.2, 0.25) is 0 Å². The van der Waals surface area contributed by atoms with Gasteiger partial charge in [-0.25, -0.2) is 4.79 Å². The van der Waals surface area contributed by atoms with Gasteiger partial charge >= 0.3 is 13.1 Å². The smallest absolute Gasteiger partial charge is 0.465 e. The molecule has 0 fully saturated rings. The average Bonchev–Trinajstić information content (AvgIpc) is 2.36. The van der Waals surface area contributed by atoms with E-state index in [4.69, 9.17) is 10.0 Å². The molecule has 0 radical (unpaired) electrons. The number of rotatable bonds is 2. The molecule has 0 unspecified atom stereocenters. The van der Waals surface area contributed by atoms with Crippen LogP contribution in [0, 0.1) is 0 Å². The molecular formula is C12H11BO4. The predicted molar refractivity (Wildman–Crippen MR) is 65.1 cm³/mol. The van der Waals surface area contributed by atoms with E-state index in [1.54, 1.807) is 36.4 Å². The van der Waals surface area contributed by atoms with Crippen LogP contribution in [0.1, 0.15) is 10.4 Å². The number of hydrogen-bond donors (Lipinski definition) is 2. The van der Waals surface area contributed by atoms with Crippen LogP contribution < -0.4 is 5.46 Å². The summed E-state index contributed by atoms with van der Waals surface area (Å²) < 4.78 is 4.68. The number of carbonyl (C=O) groups excluding carboxylic acids is 1. The first kappa shape index (κ1) is 11.6. The first-order valence-electron chi connectivity index (χ1n) is 5.10. The molecule has 0 saturated heterocycles. The molecule has 2 aromatic carbocycles. The molecule has 0 spiro atoms. The lowest BCUT2D eigenvalue weighted by Crippen LogP contribution is -2.29. The van der Waals surface area contributed by atoms with Crippen LogP contribution in [0.5, 0.6) is 0 Å². The Labute approximate surface area is 98.6 Å². The molecular weight excluding hydrogens is 219 g/mol. The van der Waals surface area contributed by atoms with E-state index in [2.05, 4.69) is 4.74 Å². The van der Waals surface area contributed by atoms with Crippen molar-refractivity contribution in [1.82, 2.24) is 0 Å². The van der Waals surface area contributed by atoms with E-state index in [1.807, 2.05) is 0 Å². The number of esters is 1. The normalized spacial score (nSPS) is 10.3. The topological polar surface area (TPSA) is 66.8 Å². The van der Waals surface area contributed by atoms with Crippen molar-refractivity contribution in [3.8, 4) is 0 Å². The Kier molecular flexibility index (Phi) is 3.13. The molecule has 5 heteroatoms. The van der Waals surface area contributed by atoms with E-state index in [-0.39, 0.29) is 0 Å². The van der Waals surface area contributed by atoms with Crippen LogP contribution in [0.4, 0.5) is 0 Å². The van der Waals surface area contributed by atoms with Crippen LogP contribution in [-0.4, -0.2) is 30.2 Å². The summed E-state index contributed by atoms with van der Waals surface area (Å²) in [7, 11) is -0.186. The minimum Gasteiger partial charge on any atom is -0.465 e. The second kappa shape index (κ2) is 4.57. The lowest BCUT2D eigenvalue weighted by Gasteiger charge is -2.06. The third-order valence-electron chi connectivity index (χ3n) is 2.61. The van der Waals surface area contributed by atoms with Crippen LogP contribution in [0.25, 0.3) is 10.8 Å². The van der Waals surface area contributed by atoms with Gasteiger partial charge in [-0.1, -0.05) is 30.3 Å². The molecule has 0 atom stereocenters. The van der Waals surface area contributed by atoms with Gasteiger partial charge in [-0.3, -0.25) is 0 Å². The summed E-state index contributed by atoms with van der Waals surface area (Å²) in [6.45, 7) is 0. The van der Waals surface area contributed by atoms with Crippen molar-refractivity contribution in [1.29, 1.82) is 0 Å². The molecule has 2 aromatic rings. The van der Waals surface area contributed by atoms with E-state index in [9.17, 15) is 4.79 Å². The van der Waals surface area contributed by atoms with Crippen molar-refractivity contribution in [2.24, 2.45) is 0 Å². The highest BCUT2D eigenvalue weighted by atomic mass is 16.5. The van der Waals surface area contributed by atoms with Gasteiger partial charge in [0.1, 0.15) is 0 Å². The van der Waals surface area contributed by atoms with Gasteiger partial charge in [-0.15, -0.1) is 0 Å². The molecule has 2 N–H and O–H groups in total. The Balaban J connectivity index is 2.63. The summed E-state index contributed by atoms with van der Waals surface area (Å²) in [5.41, 5.74) is 0.850. The Morgan fingerprint density at radius 1 is 1.24 bits per heavy atom. The zero-order valence-electron chi connectivity index (χ0n) is 9.25. The third-order valence-corrected chi connectivity index (χ3v) is 2.61. The monoisotopic (exact) mass is 230 g/mol. The van der Waals surface area contributed by atoms with Crippen molar-refractivity contribution < 1.29 is 19.6 Å². The summed E-state index contributed by atoms with van der Waals surface area (Å²) in [5, 5.41) is 19.6. The van der Waals surface area contributed by atoms with E-state index in [0.29, 0.717) is 11.0 Å². The lowest BCUT2D eigenvalue weighted by atomic mass is 9.79. The van der Waals surface area contributed by atoms with Gasteiger partial charge in [0.25, 0.3) is 0 Å². The van der Waals surface area contributed by atoms with Crippen LogP contribution in [0.15, 0.2) is 36.4 Å². The Morgan fingerprint density at radius 2 is 2.00 bits per heavy atom. The van der Waals surface area contributed by atoms with Crippen LogP contribution >= 0.6 is 0 Å². The van der Waals surface area contributed by atoms with Gasteiger partial charge in [0.05, 0.1) is 12.7 Å². The van der Waals surface area contributed by atoms with Crippen molar-refractivity contribution in [3.63, 3.8) is 0 Å². The van der Waals surface area contributed by atoms with E-state index >= 15 is 0 Å². The molecule has 0 aliphatic carbocycles. The number of carbonyl (C=O) groups is 1. The number of benzene rings is 2. The molecule has 0 aliphatic heterocycles. The molecule has 0 amide bonds. The summed E-state index contributed by atoms with van der Waals surface area (Å²) in [6.07, 6.45) is 0. The lowest BCUT2D eigenvalue weighted by molar-refractivity contribution is 0.0603. The molecule has 0 bridgehead atoms. The highest BCUT2D eigenvalue weighted by Crippen LogP contribution is 2.18. The van der Waals surface area contributed by atoms with Crippen LogP contribution in [0.2, 0.25) is 0 Å². The van der Waals surface area contributed by atoms with Crippen LogP contribution in [-0.2, 0) is 4.74 Å². The standard InChI is InChI=1S/C12H11BO4/c1-17-12(14)11-4-2-3-8-7-9(13(15)16)5-6-10(8)11/h2-7,15-16H,1H3. The zero-order valence-corrected chi connectivity index (χ0v) is 9.25. The number of hydrogen-bond acceptors (Lipinski definition) is 4. The fraction of sp³-hybridized carbons (Fsp3) is 0.0833. The SMILES string of the molecule is COC(=O)c1cccc2cc(B(O)O)ccc12. The van der Waals surface area contributed by atoms with Crippen molar-refractivity contribution in [3.05, 3.63) is 42.0 Å². The first-order valence-corrected chi connectivity index (χ1v) is 5.10. The summed E-state index contributed by atoms with van der Waals surface area (Å²) in [4.78, 5) is 11.5. The van der Waals surface area contributed by atoms with Gasteiger partial charge in [0.15, 0.2) is 0 Å². The molecule has 86 valence electrons. The summed E-state index contributed by atoms with van der Waals surface area (Å²) in [5.74, 6) is -0.409. The Morgan fingerprint density at radius 3 is 2.65 bits per heavy atom. The van der Waals surface area contributed by atoms with Crippen molar-refractivity contribution in [2.45, 2.75) is 0 Å². The van der Waals surface area contributed by atoms with E-state index in [0.717, 1.165) is 10.8 Å². The minimum absolute atomic E-state index is 0.388. The van der Waals surface area contributed by atoms with Crippen molar-refractivity contribution >= 4 is 29.3 Å². The first-order chi connectivity index (χ1) is 8.13. The minimum atomic E-state index is -1.51. The number of fused-ring (bicyclic) bond motifs is 1. The summed E-state index contributed by atoms with van der Waals surface area (Å²) >= 11 is 0. The summed E-state index contributed by atoms with van der Waals surface area (Å²) in [6, 6.07) is 10.1. The predicted octanol–water partition coefficient (Wildman–Crippen LogP) is 0.306. The maximum absolute atomic E-state index is 11.5. The number of methoxy groups -OCH3 is 1. The van der Waals surface area contributed by atoms with Gasteiger partial charge in [-0.05, 0) is 22.3 Å². The second-order valence-electron chi connectivity index (χ2n) is 3.65. The second-order valence-corrected chi connectivity index (χ2v) is 3.65. The molecule has 0 saturated carbocycles. The fourth-order valence-corrected chi connectivity index (χ4v) is 1.75. The molecule has 0 aliphatic rings. The average molecular weight is 230 g/mol. The molecule has 0 aromatic heterocycles. The highest BCUT2D eigenvalue weighted by molar-refractivity contribution is 6.58. The van der Waals surface area contributed by atoms with Gasteiger partial charge in [-0.2, -0.15) is 0 Å². The van der Waals surface area contributed by atoms with Gasteiger partial charge < -0.3 is 14.8 Å². The maximum atomic E-state index is 11.5. The fourth-order valence-electron chi connectivity index (χ4n) is 1.75. The largest absolute Gasteiger partial charge is 0.488 e. The zero-order chi connectivity index (χ0) is 12.4. The van der Waals surface area contributed by atoms with E-state index < -0.39 is 13.1 Å². The third kappa shape index (κ3) is 2.15. The van der Waals surface area contributed by atoms with Crippen LogP contribution in [0.3, 0.4) is 0 Å². The van der Waals surface area contributed by atoms with Crippen molar-refractivity contribution in [2.75, 3.05) is 7.11 Å². The molecule has 4 nitrogen and oxygen atoms in total. The Hall–Kier alpha value is -1.85. The maximum Gasteiger partial charge on any atom is 0.488 e. The Bertz CT molecular complexity index is 565. The molecule has 2 rings (SSSR count). The molecule has 0 heterocycles.